The number of aryl methyl sites for hydroxylation is 2. The number of carbonyl (C=O) groups excluding carboxylic acids is 1. The number of hydrogen-bond acceptors (Lipinski definition) is 5. The first-order valence-electron chi connectivity index (χ1n) is 8.93. The molecule has 1 aromatic carbocycles. The summed E-state index contributed by atoms with van der Waals surface area (Å²) in [7, 11) is 0. The second-order valence-corrected chi connectivity index (χ2v) is 7.57. The maximum Gasteiger partial charge on any atom is 0.258 e. The number of anilines is 1. The van der Waals surface area contributed by atoms with Crippen molar-refractivity contribution in [2.24, 2.45) is 0 Å². The molecule has 0 aliphatic heterocycles. The number of benzene rings is 1. The van der Waals surface area contributed by atoms with Crippen LogP contribution in [0, 0.1) is 20.8 Å². The third-order valence-corrected chi connectivity index (χ3v) is 5.54. The SMILES string of the molecule is Cc1ccccc1NC(=O)Cn1c(C)cc(-c2nnc(-c3cccs3)o2)c1C. The van der Waals surface area contributed by atoms with Crippen LogP contribution in [-0.2, 0) is 11.3 Å². The highest BCUT2D eigenvalue weighted by molar-refractivity contribution is 7.13. The Bertz CT molecular complexity index is 1130. The molecule has 1 N–H and O–H groups in total. The zero-order valence-corrected chi connectivity index (χ0v) is 16.7. The monoisotopic (exact) mass is 392 g/mol. The highest BCUT2D eigenvalue weighted by atomic mass is 32.1. The average molecular weight is 392 g/mol. The minimum Gasteiger partial charge on any atom is -0.415 e. The summed E-state index contributed by atoms with van der Waals surface area (Å²) in [6.07, 6.45) is 0. The largest absolute Gasteiger partial charge is 0.415 e. The molecule has 6 nitrogen and oxygen atoms in total. The highest BCUT2D eigenvalue weighted by Gasteiger charge is 2.19. The number of amides is 1. The molecule has 0 spiro atoms. The van der Waals surface area contributed by atoms with Crippen molar-refractivity contribution in [2.45, 2.75) is 27.3 Å². The Labute approximate surface area is 166 Å². The summed E-state index contributed by atoms with van der Waals surface area (Å²) in [6, 6.07) is 13.6. The quantitative estimate of drug-likeness (QED) is 0.528. The van der Waals surface area contributed by atoms with Gasteiger partial charge in [-0.15, -0.1) is 21.5 Å². The van der Waals surface area contributed by atoms with Gasteiger partial charge in [-0.25, -0.2) is 0 Å². The topological polar surface area (TPSA) is 73.0 Å². The van der Waals surface area contributed by atoms with Crippen LogP contribution in [0.25, 0.3) is 22.2 Å². The maximum absolute atomic E-state index is 12.6. The van der Waals surface area contributed by atoms with Crippen molar-refractivity contribution in [2.75, 3.05) is 5.32 Å². The standard InChI is InChI=1S/C21H20N4O2S/c1-13-7-4-5-8-17(13)22-19(26)12-25-14(2)11-16(15(25)3)20-23-24-21(27-20)18-9-6-10-28-18/h4-11H,12H2,1-3H3,(H,22,26). The van der Waals surface area contributed by atoms with Gasteiger partial charge in [0.1, 0.15) is 6.54 Å². The predicted octanol–water partition coefficient (Wildman–Crippen LogP) is 4.83. The van der Waals surface area contributed by atoms with Gasteiger partial charge in [-0.2, -0.15) is 0 Å². The second kappa shape index (κ2) is 7.44. The van der Waals surface area contributed by atoms with E-state index < -0.39 is 0 Å². The van der Waals surface area contributed by atoms with Crippen LogP contribution in [0.4, 0.5) is 5.69 Å². The Morgan fingerprint density at radius 1 is 1.11 bits per heavy atom. The molecule has 0 aliphatic carbocycles. The number of aromatic nitrogens is 3. The lowest BCUT2D eigenvalue weighted by molar-refractivity contribution is -0.116. The molecule has 4 aromatic rings. The van der Waals surface area contributed by atoms with Crippen molar-refractivity contribution in [1.82, 2.24) is 14.8 Å². The molecule has 1 amide bonds. The Hall–Kier alpha value is -3.19. The zero-order valence-electron chi connectivity index (χ0n) is 15.9. The fraction of sp³-hybridized carbons (Fsp3) is 0.190. The average Bonchev–Trinajstić information content (AvgIpc) is 3.40. The smallest absolute Gasteiger partial charge is 0.258 e. The number of nitrogens with one attached hydrogen (secondary N) is 1. The molecule has 0 unspecified atom stereocenters. The second-order valence-electron chi connectivity index (χ2n) is 6.62. The molecule has 0 aliphatic rings. The van der Waals surface area contributed by atoms with E-state index in [0.717, 1.165) is 33.1 Å². The summed E-state index contributed by atoms with van der Waals surface area (Å²) in [5.74, 6) is 0.890. The third-order valence-electron chi connectivity index (χ3n) is 4.68. The molecule has 0 atom stereocenters. The van der Waals surface area contributed by atoms with Crippen molar-refractivity contribution in [3.8, 4) is 22.2 Å². The van der Waals surface area contributed by atoms with E-state index in [1.807, 2.05) is 73.2 Å². The van der Waals surface area contributed by atoms with Gasteiger partial charge in [-0.1, -0.05) is 24.3 Å². The first-order valence-corrected chi connectivity index (χ1v) is 9.81. The molecule has 28 heavy (non-hydrogen) atoms. The number of nitrogens with zero attached hydrogens (tertiary/aromatic N) is 3. The van der Waals surface area contributed by atoms with Crippen LogP contribution in [-0.4, -0.2) is 20.7 Å². The Morgan fingerprint density at radius 2 is 1.89 bits per heavy atom. The minimum absolute atomic E-state index is 0.0764. The zero-order chi connectivity index (χ0) is 19.7. The van der Waals surface area contributed by atoms with Gasteiger partial charge in [-0.05, 0) is 49.9 Å². The van der Waals surface area contributed by atoms with Gasteiger partial charge in [0.25, 0.3) is 5.89 Å². The van der Waals surface area contributed by atoms with E-state index in [2.05, 4.69) is 15.5 Å². The van der Waals surface area contributed by atoms with Gasteiger partial charge in [0.15, 0.2) is 0 Å². The molecule has 3 heterocycles. The van der Waals surface area contributed by atoms with Crippen LogP contribution in [0.15, 0.2) is 52.3 Å². The summed E-state index contributed by atoms with van der Waals surface area (Å²) in [4.78, 5) is 13.5. The van der Waals surface area contributed by atoms with Gasteiger partial charge in [0.05, 0.1) is 10.4 Å². The van der Waals surface area contributed by atoms with Crippen molar-refractivity contribution < 1.29 is 9.21 Å². The van der Waals surface area contributed by atoms with E-state index in [-0.39, 0.29) is 12.5 Å². The van der Waals surface area contributed by atoms with Crippen LogP contribution >= 0.6 is 11.3 Å². The van der Waals surface area contributed by atoms with Gasteiger partial charge in [0, 0.05) is 17.1 Å². The maximum atomic E-state index is 12.6. The molecular formula is C21H20N4O2S. The number of thiophene rings is 1. The van der Waals surface area contributed by atoms with Crippen molar-refractivity contribution in [1.29, 1.82) is 0 Å². The number of para-hydroxylation sites is 1. The summed E-state index contributed by atoms with van der Waals surface area (Å²) in [5.41, 5.74) is 4.58. The Balaban J connectivity index is 1.56. The van der Waals surface area contributed by atoms with Crippen molar-refractivity contribution >= 4 is 22.9 Å². The van der Waals surface area contributed by atoms with Crippen LogP contribution in [0.1, 0.15) is 17.0 Å². The van der Waals surface area contributed by atoms with Gasteiger partial charge in [-0.3, -0.25) is 4.79 Å². The van der Waals surface area contributed by atoms with E-state index >= 15 is 0 Å². The number of carbonyl (C=O) groups is 1. The predicted molar refractivity (Wildman–Crippen MR) is 110 cm³/mol. The molecule has 0 saturated carbocycles. The van der Waals surface area contributed by atoms with Crippen molar-refractivity contribution in [3.63, 3.8) is 0 Å². The van der Waals surface area contributed by atoms with Gasteiger partial charge < -0.3 is 14.3 Å². The normalized spacial score (nSPS) is 11.0. The molecular weight excluding hydrogens is 372 g/mol. The van der Waals surface area contributed by atoms with Crippen LogP contribution < -0.4 is 5.32 Å². The summed E-state index contributed by atoms with van der Waals surface area (Å²) < 4.78 is 7.81. The van der Waals surface area contributed by atoms with E-state index in [0.29, 0.717) is 11.8 Å². The number of rotatable bonds is 5. The molecule has 7 heteroatoms. The molecule has 0 saturated heterocycles. The number of hydrogen-bond donors (Lipinski definition) is 1. The first-order chi connectivity index (χ1) is 13.5. The Kier molecular flexibility index (Phi) is 4.83. The Morgan fingerprint density at radius 3 is 2.64 bits per heavy atom. The molecule has 0 bridgehead atoms. The van der Waals surface area contributed by atoms with E-state index in [1.165, 1.54) is 0 Å². The molecule has 0 radical (unpaired) electrons. The lowest BCUT2D eigenvalue weighted by Crippen LogP contribution is -2.20. The molecule has 4 rings (SSSR count). The first kappa shape index (κ1) is 18.2. The summed E-state index contributed by atoms with van der Waals surface area (Å²) >= 11 is 1.55. The van der Waals surface area contributed by atoms with Crippen molar-refractivity contribution in [3.05, 3.63) is 64.8 Å². The fourth-order valence-corrected chi connectivity index (χ4v) is 3.78. The van der Waals surface area contributed by atoms with E-state index in [4.69, 9.17) is 4.42 Å². The minimum atomic E-state index is -0.0764. The van der Waals surface area contributed by atoms with E-state index in [9.17, 15) is 4.79 Å². The van der Waals surface area contributed by atoms with E-state index in [1.54, 1.807) is 11.3 Å². The molecule has 0 fully saturated rings. The highest BCUT2D eigenvalue weighted by Crippen LogP contribution is 2.30. The van der Waals surface area contributed by atoms with Gasteiger partial charge >= 0.3 is 0 Å². The third kappa shape index (κ3) is 3.48. The fourth-order valence-electron chi connectivity index (χ4n) is 3.14. The van der Waals surface area contributed by atoms with Crippen LogP contribution in [0.2, 0.25) is 0 Å². The lowest BCUT2D eigenvalue weighted by Gasteiger charge is -2.11. The summed E-state index contributed by atoms with van der Waals surface area (Å²) in [6.45, 7) is 6.12. The van der Waals surface area contributed by atoms with Crippen LogP contribution in [0.3, 0.4) is 0 Å². The summed E-state index contributed by atoms with van der Waals surface area (Å²) in [5, 5.41) is 13.3. The lowest BCUT2D eigenvalue weighted by atomic mass is 10.2. The molecule has 142 valence electrons. The molecule has 3 aromatic heterocycles. The van der Waals surface area contributed by atoms with Gasteiger partial charge in [0.2, 0.25) is 11.8 Å². The van der Waals surface area contributed by atoms with Crippen LogP contribution in [0.5, 0.6) is 0 Å².